The molecule has 0 bridgehead atoms. The standard InChI is InChI=1S/C28H34Cl2FN5O4S/c1-14(2)32-23-10-16(9-22(30)33-23)24-34-35-25(41-24)17-11-19(31)21(12-18(17)29)38-13-20-15(3)39-28(7,8)36(20)26(37)40-27(4,5)6/h9-12,14-15,20H,13H2,1-8H3,(H,32,33)/t15-,20-/m0/s1. The minimum absolute atomic E-state index is 0.0328. The Labute approximate surface area is 253 Å². The average molecular weight is 627 g/mol. The number of nitrogens with one attached hydrogen (secondary N) is 1. The summed E-state index contributed by atoms with van der Waals surface area (Å²) in [5.74, 6) is -0.0820. The molecule has 9 nitrogen and oxygen atoms in total. The maximum atomic E-state index is 15.3. The van der Waals surface area contributed by atoms with Gasteiger partial charge in [-0.05, 0) is 73.6 Å². The molecule has 1 fully saturated rings. The minimum Gasteiger partial charge on any atom is -0.488 e. The van der Waals surface area contributed by atoms with E-state index in [-0.39, 0.29) is 29.5 Å². The van der Waals surface area contributed by atoms with Crippen molar-refractivity contribution in [2.45, 2.75) is 84.9 Å². The van der Waals surface area contributed by atoms with E-state index in [0.717, 1.165) is 5.56 Å². The first-order valence-corrected chi connectivity index (χ1v) is 14.7. The largest absolute Gasteiger partial charge is 0.488 e. The molecule has 3 aromatic rings. The molecular formula is C28H34Cl2FN5O4S. The zero-order valence-electron chi connectivity index (χ0n) is 24.2. The molecule has 1 aliphatic heterocycles. The highest BCUT2D eigenvalue weighted by Gasteiger charge is 2.50. The van der Waals surface area contributed by atoms with Gasteiger partial charge >= 0.3 is 6.09 Å². The van der Waals surface area contributed by atoms with Crippen LogP contribution in [0.3, 0.4) is 0 Å². The Kier molecular flexibility index (Phi) is 9.04. The molecule has 3 heterocycles. The summed E-state index contributed by atoms with van der Waals surface area (Å²) in [5, 5.41) is 13.2. The van der Waals surface area contributed by atoms with E-state index >= 15 is 4.39 Å². The van der Waals surface area contributed by atoms with Crippen molar-refractivity contribution in [3.8, 4) is 26.9 Å². The first-order chi connectivity index (χ1) is 19.0. The maximum absolute atomic E-state index is 15.3. The van der Waals surface area contributed by atoms with Gasteiger partial charge in [-0.2, -0.15) is 0 Å². The molecule has 1 saturated heterocycles. The van der Waals surface area contributed by atoms with Crippen LogP contribution in [0.15, 0.2) is 24.3 Å². The molecule has 4 rings (SSSR count). The molecular weight excluding hydrogens is 592 g/mol. The summed E-state index contributed by atoms with van der Waals surface area (Å²) < 4.78 is 32.7. The second-order valence-electron chi connectivity index (χ2n) is 11.5. The van der Waals surface area contributed by atoms with Crippen LogP contribution in [0.4, 0.5) is 15.0 Å². The smallest absolute Gasteiger partial charge is 0.413 e. The number of benzene rings is 1. The number of aromatic nitrogens is 3. The summed E-state index contributed by atoms with van der Waals surface area (Å²) in [4.78, 5) is 18.8. The van der Waals surface area contributed by atoms with Crippen LogP contribution in [0.1, 0.15) is 55.4 Å². The van der Waals surface area contributed by atoms with Crippen LogP contribution in [0, 0.1) is 5.82 Å². The van der Waals surface area contributed by atoms with Gasteiger partial charge in [-0.1, -0.05) is 34.5 Å². The van der Waals surface area contributed by atoms with Gasteiger partial charge in [0, 0.05) is 23.2 Å². The van der Waals surface area contributed by atoms with E-state index in [2.05, 4.69) is 20.5 Å². The summed E-state index contributed by atoms with van der Waals surface area (Å²) in [5.41, 5.74) is -0.536. The Hall–Kier alpha value is -2.73. The third kappa shape index (κ3) is 7.38. The number of halogens is 3. The first kappa shape index (κ1) is 31.2. The van der Waals surface area contributed by atoms with Crippen LogP contribution in [0.5, 0.6) is 5.75 Å². The fraction of sp³-hybridized carbons (Fsp3) is 0.500. The first-order valence-electron chi connectivity index (χ1n) is 13.1. The summed E-state index contributed by atoms with van der Waals surface area (Å²) in [6.07, 6.45) is -0.919. The molecule has 1 N–H and O–H groups in total. The lowest BCUT2D eigenvalue weighted by Crippen LogP contribution is -2.52. The normalized spacial score (nSPS) is 18.6. The molecule has 41 heavy (non-hydrogen) atoms. The summed E-state index contributed by atoms with van der Waals surface area (Å²) in [6, 6.07) is 5.81. The molecule has 1 aromatic carbocycles. The van der Waals surface area contributed by atoms with Crippen molar-refractivity contribution in [1.29, 1.82) is 0 Å². The number of carbonyl (C=O) groups excluding carboxylic acids is 1. The Bertz CT molecular complexity index is 1430. The third-order valence-corrected chi connectivity index (χ3v) is 7.59. The summed E-state index contributed by atoms with van der Waals surface area (Å²) in [6.45, 7) is 14.7. The second kappa shape index (κ2) is 11.9. The lowest BCUT2D eigenvalue weighted by atomic mass is 10.1. The lowest BCUT2D eigenvalue weighted by molar-refractivity contribution is -0.0760. The molecule has 222 valence electrons. The SMILES string of the molecule is CC(C)Nc1cc(-c2nnc(-c3cc(F)c(OC[C@H]4[C@H](C)OC(C)(C)N4C(=O)OC(C)(C)C)cc3Cl)s2)cc(Cl)n1. The van der Waals surface area contributed by atoms with Crippen molar-refractivity contribution >= 4 is 46.4 Å². The summed E-state index contributed by atoms with van der Waals surface area (Å²) >= 11 is 14.0. The molecule has 1 aliphatic rings. The minimum atomic E-state index is -0.934. The Morgan fingerprint density at radius 1 is 1.20 bits per heavy atom. The predicted molar refractivity (Wildman–Crippen MR) is 159 cm³/mol. The molecule has 13 heteroatoms. The topological polar surface area (TPSA) is 98.7 Å². The van der Waals surface area contributed by atoms with Crippen molar-refractivity contribution in [2.75, 3.05) is 11.9 Å². The van der Waals surface area contributed by atoms with Gasteiger partial charge in [-0.25, -0.2) is 14.2 Å². The number of hydrogen-bond donors (Lipinski definition) is 1. The van der Waals surface area contributed by atoms with E-state index in [1.165, 1.54) is 28.4 Å². The Balaban J connectivity index is 1.53. The van der Waals surface area contributed by atoms with Gasteiger partial charge in [-0.3, -0.25) is 4.90 Å². The van der Waals surface area contributed by atoms with Crippen LogP contribution in [-0.2, 0) is 9.47 Å². The Morgan fingerprint density at radius 2 is 1.88 bits per heavy atom. The Morgan fingerprint density at radius 3 is 2.54 bits per heavy atom. The van der Waals surface area contributed by atoms with E-state index < -0.39 is 29.3 Å². The zero-order valence-corrected chi connectivity index (χ0v) is 26.5. The number of rotatable bonds is 7. The van der Waals surface area contributed by atoms with Crippen molar-refractivity contribution in [3.63, 3.8) is 0 Å². The number of ether oxygens (including phenoxy) is 3. The molecule has 1 amide bonds. The van der Waals surface area contributed by atoms with Gasteiger partial charge in [-0.15, -0.1) is 10.2 Å². The van der Waals surface area contributed by atoms with Crippen LogP contribution in [0.25, 0.3) is 21.1 Å². The predicted octanol–water partition coefficient (Wildman–Crippen LogP) is 7.67. The van der Waals surface area contributed by atoms with Gasteiger partial charge < -0.3 is 19.5 Å². The molecule has 0 unspecified atom stereocenters. The van der Waals surface area contributed by atoms with Gasteiger partial charge in [0.25, 0.3) is 0 Å². The highest BCUT2D eigenvalue weighted by molar-refractivity contribution is 7.18. The van der Waals surface area contributed by atoms with Crippen molar-refractivity contribution in [3.05, 3.63) is 40.3 Å². The van der Waals surface area contributed by atoms with Gasteiger partial charge in [0.1, 0.15) is 38.9 Å². The van der Waals surface area contributed by atoms with E-state index in [9.17, 15) is 4.79 Å². The van der Waals surface area contributed by atoms with Crippen LogP contribution < -0.4 is 10.1 Å². The quantitative estimate of drug-likeness (QED) is 0.267. The monoisotopic (exact) mass is 625 g/mol. The summed E-state index contributed by atoms with van der Waals surface area (Å²) in [7, 11) is 0. The number of nitrogens with zero attached hydrogens (tertiary/aromatic N) is 4. The fourth-order valence-corrected chi connectivity index (χ4v) is 5.86. The molecule has 0 saturated carbocycles. The van der Waals surface area contributed by atoms with E-state index in [1.54, 1.807) is 40.7 Å². The van der Waals surface area contributed by atoms with E-state index in [0.29, 0.717) is 26.5 Å². The highest BCUT2D eigenvalue weighted by atomic mass is 35.5. The van der Waals surface area contributed by atoms with Crippen molar-refractivity contribution in [1.82, 2.24) is 20.1 Å². The van der Waals surface area contributed by atoms with Crippen molar-refractivity contribution < 1.29 is 23.4 Å². The van der Waals surface area contributed by atoms with Gasteiger partial charge in [0.2, 0.25) is 0 Å². The van der Waals surface area contributed by atoms with E-state index in [1.807, 2.05) is 26.8 Å². The fourth-order valence-electron chi connectivity index (χ4n) is 4.49. The van der Waals surface area contributed by atoms with Gasteiger partial charge in [0.15, 0.2) is 11.6 Å². The number of amides is 1. The molecule has 0 aliphatic carbocycles. The number of carbonyl (C=O) groups is 1. The lowest BCUT2D eigenvalue weighted by Gasteiger charge is -2.35. The maximum Gasteiger partial charge on any atom is 0.413 e. The van der Waals surface area contributed by atoms with Gasteiger partial charge in [0.05, 0.1) is 17.2 Å². The molecule has 0 radical (unpaired) electrons. The average Bonchev–Trinajstić information content (AvgIpc) is 3.39. The third-order valence-electron chi connectivity index (χ3n) is 6.08. The number of pyridine rings is 1. The second-order valence-corrected chi connectivity index (χ2v) is 13.3. The number of anilines is 1. The van der Waals surface area contributed by atoms with Crippen LogP contribution in [0.2, 0.25) is 10.2 Å². The van der Waals surface area contributed by atoms with E-state index in [4.69, 9.17) is 37.4 Å². The molecule has 2 atom stereocenters. The molecule has 2 aromatic heterocycles. The highest BCUT2D eigenvalue weighted by Crippen LogP contribution is 2.39. The van der Waals surface area contributed by atoms with Crippen LogP contribution in [-0.4, -0.2) is 62.3 Å². The zero-order chi connectivity index (χ0) is 30.3. The van der Waals surface area contributed by atoms with Crippen LogP contribution >= 0.6 is 34.5 Å². The number of hydrogen-bond acceptors (Lipinski definition) is 9. The van der Waals surface area contributed by atoms with Crippen molar-refractivity contribution in [2.24, 2.45) is 0 Å². The molecule has 0 spiro atoms.